The molecule has 0 atom stereocenters. The Bertz CT molecular complexity index is 928. The minimum atomic E-state index is -0.898. The Labute approximate surface area is 145 Å². The Morgan fingerprint density at radius 2 is 2.12 bits per heavy atom. The first-order valence-electron chi connectivity index (χ1n) is 6.67. The number of nitro groups is 1. The highest BCUT2D eigenvalue weighted by Gasteiger charge is 2.27. The van der Waals surface area contributed by atoms with Crippen LogP contribution >= 0.6 is 11.6 Å². The zero-order valence-electron chi connectivity index (χ0n) is 13.0. The molecule has 0 spiro atoms. The minimum Gasteiger partial charge on any atom is -0.465 e. The lowest BCUT2D eigenvalue weighted by molar-refractivity contribution is -0.385. The molecule has 1 aromatic carbocycles. The van der Waals surface area contributed by atoms with Gasteiger partial charge in [0.05, 0.1) is 12.0 Å². The molecule has 0 bridgehead atoms. The first kappa shape index (κ1) is 18.0. The van der Waals surface area contributed by atoms with Crippen molar-refractivity contribution in [2.75, 3.05) is 12.4 Å². The Morgan fingerprint density at radius 1 is 1.44 bits per heavy atom. The predicted molar refractivity (Wildman–Crippen MR) is 85.6 cm³/mol. The first-order valence-corrected chi connectivity index (χ1v) is 7.05. The van der Waals surface area contributed by atoms with Crippen LogP contribution in [0.15, 0.2) is 22.6 Å². The van der Waals surface area contributed by atoms with E-state index in [0.29, 0.717) is 0 Å². The van der Waals surface area contributed by atoms with Crippen molar-refractivity contribution in [1.82, 2.24) is 0 Å². The molecule has 0 saturated heterocycles. The van der Waals surface area contributed by atoms with Gasteiger partial charge in [0.25, 0.3) is 11.6 Å². The van der Waals surface area contributed by atoms with E-state index in [2.05, 4.69) is 10.1 Å². The molecule has 0 aliphatic rings. The maximum atomic E-state index is 12.3. The molecule has 2 aromatic rings. The maximum absolute atomic E-state index is 12.3. The van der Waals surface area contributed by atoms with Crippen molar-refractivity contribution >= 4 is 35.0 Å². The molecular formula is C15H10ClN3O6. The van der Waals surface area contributed by atoms with E-state index in [1.165, 1.54) is 19.1 Å². The second-order valence-corrected chi connectivity index (χ2v) is 5.15. The largest absolute Gasteiger partial charge is 0.465 e. The minimum absolute atomic E-state index is 0.0595. The van der Waals surface area contributed by atoms with Crippen LogP contribution in [0.4, 0.5) is 11.6 Å². The molecule has 10 heteroatoms. The Kier molecular flexibility index (Phi) is 5.05. The third kappa shape index (κ3) is 3.44. The van der Waals surface area contributed by atoms with Crippen molar-refractivity contribution in [2.45, 2.75) is 6.92 Å². The van der Waals surface area contributed by atoms with Crippen LogP contribution in [0, 0.1) is 28.4 Å². The fourth-order valence-corrected chi connectivity index (χ4v) is 2.27. The smallest absolute Gasteiger partial charge is 0.342 e. The molecule has 0 aliphatic carbocycles. The number of anilines is 1. The molecular weight excluding hydrogens is 354 g/mol. The van der Waals surface area contributed by atoms with Gasteiger partial charge < -0.3 is 9.15 Å². The number of hydrogen-bond acceptors (Lipinski definition) is 7. The quantitative estimate of drug-likeness (QED) is 0.500. The number of furan rings is 1. The Balaban J connectivity index is 2.45. The van der Waals surface area contributed by atoms with Crippen LogP contribution in [0.5, 0.6) is 0 Å². The van der Waals surface area contributed by atoms with Crippen LogP contribution in [-0.4, -0.2) is 23.9 Å². The van der Waals surface area contributed by atoms with E-state index in [-0.39, 0.29) is 33.4 Å². The van der Waals surface area contributed by atoms with Crippen LogP contribution < -0.4 is 5.32 Å². The number of carbonyl (C=O) groups is 2. The number of hydrogen-bond donors (Lipinski definition) is 1. The molecule has 0 saturated carbocycles. The SMILES string of the molecule is COC(=O)c1c(C)oc(NC(=O)c2ccc(Cl)cc2[N+](=O)[O-])c1C#N. The topological polar surface area (TPSA) is 135 Å². The van der Waals surface area contributed by atoms with Gasteiger partial charge in [-0.05, 0) is 19.1 Å². The number of nitrogens with one attached hydrogen (secondary N) is 1. The summed E-state index contributed by atoms with van der Waals surface area (Å²) in [5.74, 6) is -1.96. The van der Waals surface area contributed by atoms with Crippen LogP contribution in [-0.2, 0) is 4.74 Å². The van der Waals surface area contributed by atoms with Gasteiger partial charge in [0.1, 0.15) is 28.5 Å². The predicted octanol–water partition coefficient (Wildman–Crippen LogP) is 3.06. The number of rotatable bonds is 4. The lowest BCUT2D eigenvalue weighted by atomic mass is 10.1. The van der Waals surface area contributed by atoms with Gasteiger partial charge in [-0.2, -0.15) is 5.26 Å². The molecule has 1 heterocycles. The van der Waals surface area contributed by atoms with E-state index in [1.54, 1.807) is 6.07 Å². The standard InChI is InChI=1S/C15H10ClN3O6/c1-7-12(15(21)24-2)10(6-17)14(25-7)18-13(20)9-4-3-8(16)5-11(9)19(22)23/h3-5H,1-2H3,(H,18,20). The summed E-state index contributed by atoms with van der Waals surface area (Å²) in [7, 11) is 1.13. The van der Waals surface area contributed by atoms with Gasteiger partial charge >= 0.3 is 5.97 Å². The van der Waals surface area contributed by atoms with Crippen LogP contribution in [0.25, 0.3) is 0 Å². The fraction of sp³-hybridized carbons (Fsp3) is 0.133. The van der Waals surface area contributed by atoms with Crippen LogP contribution in [0.1, 0.15) is 32.0 Å². The number of nitriles is 1. The molecule has 128 valence electrons. The second-order valence-electron chi connectivity index (χ2n) is 4.71. The van der Waals surface area contributed by atoms with E-state index in [1.807, 2.05) is 0 Å². The molecule has 0 unspecified atom stereocenters. The van der Waals surface area contributed by atoms with E-state index in [0.717, 1.165) is 13.2 Å². The normalized spacial score (nSPS) is 10.0. The van der Waals surface area contributed by atoms with Gasteiger partial charge in [-0.3, -0.25) is 20.2 Å². The van der Waals surface area contributed by atoms with Crippen molar-refractivity contribution < 1.29 is 23.7 Å². The molecule has 25 heavy (non-hydrogen) atoms. The van der Waals surface area contributed by atoms with Crippen molar-refractivity contribution in [1.29, 1.82) is 5.26 Å². The van der Waals surface area contributed by atoms with Gasteiger partial charge in [0, 0.05) is 11.1 Å². The molecule has 2 rings (SSSR count). The number of esters is 1. The number of benzene rings is 1. The van der Waals surface area contributed by atoms with Gasteiger partial charge in [0.15, 0.2) is 0 Å². The number of halogens is 1. The first-order chi connectivity index (χ1) is 11.8. The van der Waals surface area contributed by atoms with Gasteiger partial charge in [-0.15, -0.1) is 0 Å². The number of carbonyl (C=O) groups excluding carboxylic acids is 2. The molecule has 0 aliphatic heterocycles. The highest BCUT2D eigenvalue weighted by atomic mass is 35.5. The molecule has 1 amide bonds. The van der Waals surface area contributed by atoms with E-state index in [4.69, 9.17) is 16.0 Å². The summed E-state index contributed by atoms with van der Waals surface area (Å²) in [5, 5.41) is 22.6. The monoisotopic (exact) mass is 363 g/mol. The number of nitrogens with zero attached hydrogens (tertiary/aromatic N) is 2. The number of aryl methyl sites for hydroxylation is 1. The molecule has 1 aromatic heterocycles. The highest BCUT2D eigenvalue weighted by molar-refractivity contribution is 6.31. The summed E-state index contributed by atoms with van der Waals surface area (Å²) < 4.78 is 9.78. The highest BCUT2D eigenvalue weighted by Crippen LogP contribution is 2.29. The summed E-state index contributed by atoms with van der Waals surface area (Å²) in [4.78, 5) is 34.4. The molecule has 1 N–H and O–H groups in total. The average Bonchev–Trinajstić information content (AvgIpc) is 2.88. The zero-order valence-corrected chi connectivity index (χ0v) is 13.7. The van der Waals surface area contributed by atoms with Crippen molar-refractivity contribution in [3.05, 3.63) is 55.8 Å². The average molecular weight is 364 g/mol. The molecule has 0 radical (unpaired) electrons. The maximum Gasteiger partial charge on any atom is 0.342 e. The second kappa shape index (κ2) is 7.02. The summed E-state index contributed by atoms with van der Waals surface area (Å²) in [6.07, 6.45) is 0. The number of ether oxygens (including phenoxy) is 1. The lowest BCUT2D eigenvalue weighted by Crippen LogP contribution is -2.14. The third-order valence-electron chi connectivity index (χ3n) is 3.21. The fourth-order valence-electron chi connectivity index (χ4n) is 2.11. The number of methoxy groups -OCH3 is 1. The molecule has 9 nitrogen and oxygen atoms in total. The van der Waals surface area contributed by atoms with Crippen molar-refractivity contribution in [2.24, 2.45) is 0 Å². The van der Waals surface area contributed by atoms with Gasteiger partial charge in [0.2, 0.25) is 5.88 Å². The van der Waals surface area contributed by atoms with Crippen LogP contribution in [0.2, 0.25) is 5.02 Å². The lowest BCUT2D eigenvalue weighted by Gasteiger charge is -2.04. The zero-order chi connectivity index (χ0) is 18.7. The summed E-state index contributed by atoms with van der Waals surface area (Å²) in [6.45, 7) is 1.41. The van der Waals surface area contributed by atoms with Gasteiger partial charge in [-0.25, -0.2) is 4.79 Å². The molecule has 0 fully saturated rings. The third-order valence-corrected chi connectivity index (χ3v) is 3.45. The van der Waals surface area contributed by atoms with E-state index < -0.39 is 22.5 Å². The summed E-state index contributed by atoms with van der Waals surface area (Å²) in [5.41, 5.74) is -1.17. The van der Waals surface area contributed by atoms with E-state index >= 15 is 0 Å². The number of nitro benzene ring substituents is 1. The van der Waals surface area contributed by atoms with Crippen LogP contribution in [0.3, 0.4) is 0 Å². The van der Waals surface area contributed by atoms with E-state index in [9.17, 15) is 25.0 Å². The number of amides is 1. The Hall–Kier alpha value is -3.38. The summed E-state index contributed by atoms with van der Waals surface area (Å²) in [6, 6.07) is 5.24. The summed E-state index contributed by atoms with van der Waals surface area (Å²) >= 11 is 5.70. The van der Waals surface area contributed by atoms with Crippen molar-refractivity contribution in [3.8, 4) is 6.07 Å². The van der Waals surface area contributed by atoms with Gasteiger partial charge in [-0.1, -0.05) is 11.6 Å². The van der Waals surface area contributed by atoms with Crippen molar-refractivity contribution in [3.63, 3.8) is 0 Å². The Morgan fingerprint density at radius 3 is 2.68 bits per heavy atom.